The van der Waals surface area contributed by atoms with Crippen molar-refractivity contribution in [3.05, 3.63) is 54.1 Å². The summed E-state index contributed by atoms with van der Waals surface area (Å²) in [5, 5.41) is 26.4. The van der Waals surface area contributed by atoms with E-state index in [1.807, 2.05) is 55.5 Å². The molecule has 2 N–H and O–H groups in total. The van der Waals surface area contributed by atoms with E-state index in [0.29, 0.717) is 11.3 Å². The summed E-state index contributed by atoms with van der Waals surface area (Å²) < 4.78 is 5.53. The third kappa shape index (κ3) is 3.79. The number of aryl methyl sites for hydroxylation is 1. The Morgan fingerprint density at radius 3 is 2.86 bits per heavy atom. The molecule has 0 unspecified atom stereocenters. The van der Waals surface area contributed by atoms with Crippen molar-refractivity contribution < 1.29 is 14.3 Å². The van der Waals surface area contributed by atoms with Crippen LogP contribution in [-0.4, -0.2) is 31.9 Å². The Bertz CT molecular complexity index is 1170. The standard InChI is InChI=1S/C19H15N5O3S/c1-11-7-8-14-13(9-11)16(17(26)20-14)22-21-15(25)10-28-19-24-23-18(27-19)12-5-3-2-4-6-12/h2-9,20,26H,10H2,1H3. The van der Waals surface area contributed by atoms with E-state index in [1.54, 1.807) is 0 Å². The molecule has 2 aromatic heterocycles. The van der Waals surface area contributed by atoms with Crippen molar-refractivity contribution in [3.8, 4) is 17.3 Å². The minimum Gasteiger partial charge on any atom is -0.493 e. The van der Waals surface area contributed by atoms with Gasteiger partial charge in [-0.25, -0.2) is 0 Å². The maximum absolute atomic E-state index is 12.0. The van der Waals surface area contributed by atoms with Gasteiger partial charge in [-0.3, -0.25) is 4.79 Å². The molecule has 0 atom stereocenters. The lowest BCUT2D eigenvalue weighted by molar-refractivity contribution is -0.115. The van der Waals surface area contributed by atoms with Gasteiger partial charge in [0.05, 0.1) is 11.3 Å². The predicted octanol–water partition coefficient (Wildman–Crippen LogP) is 4.63. The number of amides is 1. The molecule has 0 saturated carbocycles. The molecule has 9 heteroatoms. The van der Waals surface area contributed by atoms with E-state index in [9.17, 15) is 9.90 Å². The Morgan fingerprint density at radius 2 is 2.04 bits per heavy atom. The number of hydrogen-bond acceptors (Lipinski definition) is 7. The molecular formula is C19H15N5O3S. The van der Waals surface area contributed by atoms with Crippen molar-refractivity contribution in [1.29, 1.82) is 0 Å². The van der Waals surface area contributed by atoms with E-state index in [4.69, 9.17) is 4.42 Å². The summed E-state index contributed by atoms with van der Waals surface area (Å²) >= 11 is 1.08. The molecule has 0 spiro atoms. The van der Waals surface area contributed by atoms with Gasteiger partial charge in [-0.2, -0.15) is 0 Å². The molecule has 2 heterocycles. The summed E-state index contributed by atoms with van der Waals surface area (Å²) in [5.74, 6) is -0.237. The second kappa shape index (κ2) is 7.65. The number of aromatic amines is 1. The van der Waals surface area contributed by atoms with Crippen molar-refractivity contribution in [2.75, 3.05) is 5.75 Å². The van der Waals surface area contributed by atoms with Gasteiger partial charge in [0.2, 0.25) is 11.8 Å². The van der Waals surface area contributed by atoms with Gasteiger partial charge in [0.25, 0.3) is 11.1 Å². The lowest BCUT2D eigenvalue weighted by Gasteiger charge is -1.94. The Kier molecular flexibility index (Phi) is 4.90. The number of aromatic nitrogens is 3. The Balaban J connectivity index is 1.42. The first-order valence-electron chi connectivity index (χ1n) is 8.38. The molecule has 0 aliphatic heterocycles. The van der Waals surface area contributed by atoms with Crippen LogP contribution in [-0.2, 0) is 4.79 Å². The minimum absolute atomic E-state index is 0.0118. The highest BCUT2D eigenvalue weighted by Crippen LogP contribution is 2.36. The number of carbonyl (C=O) groups is 1. The van der Waals surface area contributed by atoms with Crippen LogP contribution in [0.15, 0.2) is 68.4 Å². The SMILES string of the molecule is Cc1ccc2[nH]c(O)c(N=NC(=O)CSc3nnc(-c4ccccc4)o3)c2c1. The van der Waals surface area contributed by atoms with Crippen LogP contribution in [0.2, 0.25) is 0 Å². The van der Waals surface area contributed by atoms with E-state index in [-0.39, 0.29) is 22.5 Å². The molecule has 0 fully saturated rings. The third-order valence-electron chi connectivity index (χ3n) is 3.92. The summed E-state index contributed by atoms with van der Waals surface area (Å²) in [4.78, 5) is 14.8. The summed E-state index contributed by atoms with van der Waals surface area (Å²) in [7, 11) is 0. The second-order valence-corrected chi connectivity index (χ2v) is 6.92. The van der Waals surface area contributed by atoms with Crippen LogP contribution in [0.4, 0.5) is 5.69 Å². The zero-order valence-electron chi connectivity index (χ0n) is 14.8. The summed E-state index contributed by atoms with van der Waals surface area (Å²) in [5.41, 5.74) is 2.77. The van der Waals surface area contributed by atoms with E-state index in [1.165, 1.54) is 0 Å². The number of carbonyl (C=O) groups excluding carboxylic acids is 1. The lowest BCUT2D eigenvalue weighted by Crippen LogP contribution is -1.95. The van der Waals surface area contributed by atoms with Gasteiger partial charge < -0.3 is 14.5 Å². The van der Waals surface area contributed by atoms with Crippen LogP contribution < -0.4 is 0 Å². The number of azo groups is 1. The Morgan fingerprint density at radius 1 is 1.21 bits per heavy atom. The monoisotopic (exact) mass is 393 g/mol. The number of fused-ring (bicyclic) bond motifs is 1. The van der Waals surface area contributed by atoms with Crippen molar-refractivity contribution in [1.82, 2.24) is 15.2 Å². The van der Waals surface area contributed by atoms with Crippen LogP contribution in [0.3, 0.4) is 0 Å². The summed E-state index contributed by atoms with van der Waals surface area (Å²) in [6.45, 7) is 1.93. The minimum atomic E-state index is -0.481. The molecule has 2 aromatic carbocycles. The van der Waals surface area contributed by atoms with Crippen LogP contribution in [0, 0.1) is 6.92 Å². The van der Waals surface area contributed by atoms with E-state index >= 15 is 0 Å². The second-order valence-electron chi connectivity index (χ2n) is 5.99. The van der Waals surface area contributed by atoms with Crippen molar-refractivity contribution in [2.24, 2.45) is 10.2 Å². The number of H-pyrrole nitrogens is 1. The average Bonchev–Trinajstić information content (AvgIpc) is 3.29. The van der Waals surface area contributed by atoms with E-state index in [0.717, 1.165) is 28.4 Å². The Labute approximate surface area is 163 Å². The predicted molar refractivity (Wildman–Crippen MR) is 105 cm³/mol. The first kappa shape index (κ1) is 17.9. The van der Waals surface area contributed by atoms with Crippen LogP contribution in [0.25, 0.3) is 22.4 Å². The summed E-state index contributed by atoms with van der Waals surface area (Å²) in [6.07, 6.45) is 0. The zero-order chi connectivity index (χ0) is 19.5. The highest BCUT2D eigenvalue weighted by molar-refractivity contribution is 7.99. The van der Waals surface area contributed by atoms with Gasteiger partial charge in [0.1, 0.15) is 0 Å². The van der Waals surface area contributed by atoms with Crippen LogP contribution in [0.5, 0.6) is 5.88 Å². The number of nitrogens with one attached hydrogen (secondary N) is 1. The molecule has 0 aliphatic carbocycles. The molecule has 8 nitrogen and oxygen atoms in total. The molecule has 28 heavy (non-hydrogen) atoms. The fourth-order valence-electron chi connectivity index (χ4n) is 2.60. The maximum atomic E-state index is 12.0. The number of benzene rings is 2. The van der Waals surface area contributed by atoms with Crippen molar-refractivity contribution >= 4 is 34.3 Å². The molecule has 0 bridgehead atoms. The summed E-state index contributed by atoms with van der Waals surface area (Å²) in [6, 6.07) is 15.0. The molecule has 4 aromatic rings. The molecule has 140 valence electrons. The average molecular weight is 393 g/mol. The fraction of sp³-hybridized carbons (Fsp3) is 0.105. The van der Waals surface area contributed by atoms with Crippen LogP contribution in [0.1, 0.15) is 5.56 Å². The molecule has 0 saturated heterocycles. The first-order valence-corrected chi connectivity index (χ1v) is 9.36. The zero-order valence-corrected chi connectivity index (χ0v) is 15.6. The van der Waals surface area contributed by atoms with Crippen molar-refractivity contribution in [2.45, 2.75) is 12.1 Å². The van der Waals surface area contributed by atoms with Gasteiger partial charge in [-0.1, -0.05) is 41.6 Å². The molecule has 4 rings (SSSR count). The Hall–Kier alpha value is -3.46. The number of hydrogen-bond donors (Lipinski definition) is 2. The van der Waals surface area contributed by atoms with E-state index in [2.05, 4.69) is 25.4 Å². The highest BCUT2D eigenvalue weighted by Gasteiger charge is 2.13. The largest absolute Gasteiger partial charge is 0.493 e. The molecule has 0 aliphatic rings. The topological polar surface area (TPSA) is 117 Å². The maximum Gasteiger partial charge on any atom is 0.277 e. The van der Waals surface area contributed by atoms with Gasteiger partial charge in [-0.15, -0.1) is 20.4 Å². The molecule has 1 amide bonds. The highest BCUT2D eigenvalue weighted by atomic mass is 32.2. The quantitative estimate of drug-likeness (QED) is 0.377. The normalized spacial score (nSPS) is 11.5. The lowest BCUT2D eigenvalue weighted by atomic mass is 10.2. The van der Waals surface area contributed by atoms with Gasteiger partial charge in [-0.05, 0) is 31.2 Å². The van der Waals surface area contributed by atoms with Gasteiger partial charge in [0, 0.05) is 10.9 Å². The van der Waals surface area contributed by atoms with Gasteiger partial charge in [0.15, 0.2) is 5.69 Å². The number of aromatic hydroxyl groups is 1. The smallest absolute Gasteiger partial charge is 0.277 e. The molecule has 0 radical (unpaired) electrons. The van der Waals surface area contributed by atoms with E-state index < -0.39 is 5.91 Å². The van der Waals surface area contributed by atoms with Crippen molar-refractivity contribution in [3.63, 3.8) is 0 Å². The number of rotatable bonds is 5. The third-order valence-corrected chi connectivity index (χ3v) is 4.72. The fourth-order valence-corrected chi connectivity index (χ4v) is 3.14. The van der Waals surface area contributed by atoms with Gasteiger partial charge >= 0.3 is 0 Å². The first-order chi connectivity index (χ1) is 13.6. The molecular weight excluding hydrogens is 378 g/mol. The van der Waals surface area contributed by atoms with Crippen LogP contribution >= 0.6 is 11.8 Å². The number of thioether (sulfide) groups is 1. The number of nitrogens with zero attached hydrogens (tertiary/aromatic N) is 4.